The SMILES string of the molecule is CCOc1ccc(CCC(=O)N(Cc2ccc(OC)cc2)[C@@H](CC)C(=O)NC(C)(C)C)cc1OCC. The second-order valence-electron chi connectivity index (χ2n) is 9.68. The van der Waals surface area contributed by atoms with E-state index in [1.165, 1.54) is 0 Å². The maximum Gasteiger partial charge on any atom is 0.243 e. The maximum atomic E-state index is 13.6. The second-order valence-corrected chi connectivity index (χ2v) is 9.68. The number of aryl methyl sites for hydroxylation is 1. The highest BCUT2D eigenvalue weighted by atomic mass is 16.5. The number of carbonyl (C=O) groups excluding carboxylic acids is 2. The van der Waals surface area contributed by atoms with Crippen molar-refractivity contribution < 1.29 is 23.8 Å². The number of carbonyl (C=O) groups is 2. The first kappa shape index (κ1) is 29.0. The summed E-state index contributed by atoms with van der Waals surface area (Å²) in [5.41, 5.74) is 1.52. The van der Waals surface area contributed by atoms with Crippen LogP contribution in [0.25, 0.3) is 0 Å². The molecule has 0 saturated heterocycles. The highest BCUT2D eigenvalue weighted by Crippen LogP contribution is 2.29. The van der Waals surface area contributed by atoms with Crippen LogP contribution in [0.5, 0.6) is 17.2 Å². The monoisotopic (exact) mass is 498 g/mol. The Kier molecular flexibility index (Phi) is 11.1. The van der Waals surface area contributed by atoms with E-state index in [1.807, 2.05) is 84.0 Å². The number of ether oxygens (including phenoxy) is 3. The fourth-order valence-electron chi connectivity index (χ4n) is 3.95. The van der Waals surface area contributed by atoms with Gasteiger partial charge in [0.05, 0.1) is 20.3 Å². The Hall–Kier alpha value is -3.22. The summed E-state index contributed by atoms with van der Waals surface area (Å²) in [6.45, 7) is 13.0. The number of nitrogens with one attached hydrogen (secondary N) is 1. The summed E-state index contributed by atoms with van der Waals surface area (Å²) in [5.74, 6) is 1.89. The molecule has 0 spiro atoms. The van der Waals surface area contributed by atoms with E-state index in [4.69, 9.17) is 14.2 Å². The van der Waals surface area contributed by atoms with Crippen molar-refractivity contribution in [2.24, 2.45) is 0 Å². The molecule has 2 aromatic carbocycles. The zero-order valence-corrected chi connectivity index (χ0v) is 22.8. The average molecular weight is 499 g/mol. The number of hydrogen-bond donors (Lipinski definition) is 1. The Morgan fingerprint density at radius 3 is 2.08 bits per heavy atom. The number of nitrogens with zero attached hydrogens (tertiary/aromatic N) is 1. The fraction of sp³-hybridized carbons (Fsp3) is 0.517. The van der Waals surface area contributed by atoms with Gasteiger partial charge in [-0.05, 0) is 82.9 Å². The Morgan fingerprint density at radius 2 is 1.53 bits per heavy atom. The van der Waals surface area contributed by atoms with Crippen LogP contribution in [0, 0.1) is 0 Å². The Labute approximate surface area is 216 Å². The summed E-state index contributed by atoms with van der Waals surface area (Å²) in [5, 5.41) is 3.04. The number of hydrogen-bond acceptors (Lipinski definition) is 5. The van der Waals surface area contributed by atoms with Crippen molar-refractivity contribution in [1.82, 2.24) is 10.2 Å². The van der Waals surface area contributed by atoms with Crippen molar-refractivity contribution in [1.29, 1.82) is 0 Å². The van der Waals surface area contributed by atoms with E-state index in [-0.39, 0.29) is 18.2 Å². The van der Waals surface area contributed by atoms with Crippen molar-refractivity contribution in [3.8, 4) is 17.2 Å². The predicted octanol–water partition coefficient (Wildman–Crippen LogP) is 5.15. The van der Waals surface area contributed by atoms with Crippen molar-refractivity contribution in [3.63, 3.8) is 0 Å². The van der Waals surface area contributed by atoms with Crippen LogP contribution in [0.1, 0.15) is 65.5 Å². The van der Waals surface area contributed by atoms with Crippen LogP contribution in [-0.4, -0.2) is 48.6 Å². The third-order valence-corrected chi connectivity index (χ3v) is 5.63. The van der Waals surface area contributed by atoms with Crippen molar-refractivity contribution in [3.05, 3.63) is 53.6 Å². The van der Waals surface area contributed by atoms with Gasteiger partial charge in [0.2, 0.25) is 11.8 Å². The van der Waals surface area contributed by atoms with Crippen LogP contribution < -0.4 is 19.5 Å². The molecule has 7 heteroatoms. The van der Waals surface area contributed by atoms with Crippen LogP contribution in [-0.2, 0) is 22.6 Å². The lowest BCUT2D eigenvalue weighted by atomic mass is 10.0. The normalized spacial score (nSPS) is 12.0. The molecule has 1 atom stereocenters. The Morgan fingerprint density at radius 1 is 0.917 bits per heavy atom. The molecule has 0 fully saturated rings. The lowest BCUT2D eigenvalue weighted by molar-refractivity contribution is -0.142. The van der Waals surface area contributed by atoms with Crippen molar-refractivity contribution in [2.75, 3.05) is 20.3 Å². The van der Waals surface area contributed by atoms with Crippen LogP contribution >= 0.6 is 0 Å². The van der Waals surface area contributed by atoms with Crippen LogP contribution in [0.4, 0.5) is 0 Å². The largest absolute Gasteiger partial charge is 0.497 e. The third-order valence-electron chi connectivity index (χ3n) is 5.63. The number of benzene rings is 2. The molecule has 2 amide bonds. The minimum absolute atomic E-state index is 0.0754. The molecular weight excluding hydrogens is 456 g/mol. The molecule has 0 aliphatic heterocycles. The van der Waals surface area contributed by atoms with Crippen LogP contribution in [0.2, 0.25) is 0 Å². The first-order valence-electron chi connectivity index (χ1n) is 12.7. The molecule has 0 aliphatic carbocycles. The summed E-state index contributed by atoms with van der Waals surface area (Å²) in [6.07, 6.45) is 1.32. The van der Waals surface area contributed by atoms with Gasteiger partial charge in [-0.1, -0.05) is 25.1 Å². The van der Waals surface area contributed by atoms with E-state index in [9.17, 15) is 9.59 Å². The molecule has 0 radical (unpaired) electrons. The second kappa shape index (κ2) is 13.8. The van der Waals surface area contributed by atoms with E-state index in [2.05, 4.69) is 5.32 Å². The number of methoxy groups -OCH3 is 1. The summed E-state index contributed by atoms with van der Waals surface area (Å²) in [4.78, 5) is 28.4. The van der Waals surface area contributed by atoms with Gasteiger partial charge in [-0.2, -0.15) is 0 Å². The molecule has 2 rings (SSSR count). The number of amides is 2. The molecule has 0 saturated carbocycles. The van der Waals surface area contributed by atoms with Gasteiger partial charge >= 0.3 is 0 Å². The molecule has 0 aliphatic rings. The van der Waals surface area contributed by atoms with Crippen LogP contribution in [0.15, 0.2) is 42.5 Å². The first-order valence-corrected chi connectivity index (χ1v) is 12.7. The summed E-state index contributed by atoms with van der Waals surface area (Å²) >= 11 is 0. The standard InChI is InChI=1S/C29H42N2O5/c1-8-24(28(33)30-29(4,5)6)31(20-22-11-15-23(34-7)16-12-22)27(32)18-14-21-13-17-25(35-9-2)26(19-21)36-10-3/h11-13,15-17,19,24H,8-10,14,18,20H2,1-7H3,(H,30,33)/t24-/m0/s1. The molecule has 7 nitrogen and oxygen atoms in total. The van der Waals surface area contributed by atoms with Gasteiger partial charge in [-0.25, -0.2) is 0 Å². The molecule has 0 bridgehead atoms. The van der Waals surface area contributed by atoms with E-state index >= 15 is 0 Å². The molecule has 198 valence electrons. The zero-order chi connectivity index (χ0) is 26.7. The minimum atomic E-state index is -0.571. The smallest absolute Gasteiger partial charge is 0.243 e. The lowest BCUT2D eigenvalue weighted by Crippen LogP contribution is -2.53. The maximum absolute atomic E-state index is 13.6. The average Bonchev–Trinajstić information content (AvgIpc) is 2.83. The molecule has 0 unspecified atom stereocenters. The van der Waals surface area contributed by atoms with Gasteiger partial charge in [0.1, 0.15) is 11.8 Å². The summed E-state index contributed by atoms with van der Waals surface area (Å²) in [6, 6.07) is 12.8. The Balaban J connectivity index is 2.25. The quantitative estimate of drug-likeness (QED) is 0.413. The molecule has 2 aromatic rings. The molecule has 0 heterocycles. The first-order chi connectivity index (χ1) is 17.1. The minimum Gasteiger partial charge on any atom is -0.497 e. The van der Waals surface area contributed by atoms with Crippen molar-refractivity contribution >= 4 is 11.8 Å². The highest BCUT2D eigenvalue weighted by Gasteiger charge is 2.30. The van der Waals surface area contributed by atoms with Crippen LogP contribution in [0.3, 0.4) is 0 Å². The number of rotatable bonds is 13. The summed E-state index contributed by atoms with van der Waals surface area (Å²) in [7, 11) is 1.62. The van der Waals surface area contributed by atoms with Gasteiger partial charge < -0.3 is 24.4 Å². The van der Waals surface area contributed by atoms with Gasteiger partial charge in [-0.3, -0.25) is 9.59 Å². The third kappa shape index (κ3) is 8.77. The molecule has 36 heavy (non-hydrogen) atoms. The van der Waals surface area contributed by atoms with Crippen molar-refractivity contribution in [2.45, 2.75) is 78.9 Å². The summed E-state index contributed by atoms with van der Waals surface area (Å²) < 4.78 is 16.6. The van der Waals surface area contributed by atoms with Gasteiger partial charge in [0.15, 0.2) is 11.5 Å². The highest BCUT2D eigenvalue weighted by molar-refractivity contribution is 5.88. The zero-order valence-electron chi connectivity index (χ0n) is 22.8. The lowest BCUT2D eigenvalue weighted by Gasteiger charge is -2.33. The topological polar surface area (TPSA) is 77.1 Å². The van der Waals surface area contributed by atoms with E-state index < -0.39 is 11.6 Å². The van der Waals surface area contributed by atoms with E-state index in [0.717, 1.165) is 16.9 Å². The van der Waals surface area contributed by atoms with E-state index in [0.29, 0.717) is 44.1 Å². The van der Waals surface area contributed by atoms with Gasteiger partial charge in [0.25, 0.3) is 0 Å². The Bertz CT molecular complexity index is 982. The van der Waals surface area contributed by atoms with Gasteiger partial charge in [0, 0.05) is 18.5 Å². The van der Waals surface area contributed by atoms with Gasteiger partial charge in [-0.15, -0.1) is 0 Å². The predicted molar refractivity (Wildman–Crippen MR) is 143 cm³/mol. The van der Waals surface area contributed by atoms with E-state index in [1.54, 1.807) is 12.0 Å². The molecular formula is C29H42N2O5. The molecule has 0 aromatic heterocycles. The fourth-order valence-corrected chi connectivity index (χ4v) is 3.95. The molecule has 1 N–H and O–H groups in total.